The Morgan fingerprint density at radius 1 is 0.282 bits per heavy atom. The number of unbranched alkanes of at least 4 members (excludes halogenated alkanes) is 30. The number of rotatable bonds is 34. The molecule has 1 nitrogen and oxygen atoms in total. The first kappa shape index (κ1) is 42.1. The summed E-state index contributed by atoms with van der Waals surface area (Å²) >= 11 is 2.34. The molecule has 0 aromatic rings. The normalized spacial score (nSPS) is 11.3. The molecule has 0 bridgehead atoms. The molecule has 0 rings (SSSR count). The van der Waals surface area contributed by atoms with Gasteiger partial charge in [0, 0.05) is 0 Å². The van der Waals surface area contributed by atoms with Crippen molar-refractivity contribution in [2.24, 2.45) is 0 Å². The predicted molar refractivity (Wildman–Crippen MR) is 178 cm³/mol. The van der Waals surface area contributed by atoms with Gasteiger partial charge in [0.05, 0.1) is 0 Å². The molecule has 0 atom stereocenters. The quantitative estimate of drug-likeness (QED) is 0.0521. The third-order valence-electron chi connectivity index (χ3n) is 8.56. The smallest absolute Gasteiger partial charge is 0.147 e. The Hall–Kier alpha value is 0.964. The van der Waals surface area contributed by atoms with E-state index < -0.39 is 0 Å². The van der Waals surface area contributed by atoms with E-state index in [-0.39, 0.29) is 12.4 Å². The molecule has 0 aliphatic carbocycles. The molecular weight excluding hydrogens is 530 g/mol. The van der Waals surface area contributed by atoms with Crippen LogP contribution in [-0.2, 0) is 20.7 Å². The Morgan fingerprint density at radius 3 is 0.615 bits per heavy atom. The molecule has 39 heavy (non-hydrogen) atoms. The van der Waals surface area contributed by atoms with Gasteiger partial charge in [0.15, 0.2) is 0 Å². The van der Waals surface area contributed by atoms with Crippen LogP contribution in [0.5, 0.6) is 0 Å². The van der Waals surface area contributed by atoms with Crippen molar-refractivity contribution in [2.45, 2.75) is 219 Å². The Morgan fingerprint density at radius 2 is 0.436 bits per heavy atom. The van der Waals surface area contributed by atoms with Crippen molar-refractivity contribution in [3.05, 3.63) is 0 Å². The summed E-state index contributed by atoms with van der Waals surface area (Å²) < 4.78 is 2.59. The zero-order valence-electron chi connectivity index (χ0n) is 27.4. The molecule has 0 heterocycles. The Bertz CT molecular complexity index is 370. The second-order valence-corrected chi connectivity index (χ2v) is 13.6. The van der Waals surface area contributed by atoms with Crippen molar-refractivity contribution < 1.29 is 20.7 Å². The number of nitrogens with zero attached hydrogens (tertiary/aromatic N) is 1. The molecule has 0 aliphatic heterocycles. The summed E-state index contributed by atoms with van der Waals surface area (Å²) in [7, 11) is 0. The van der Waals surface area contributed by atoms with Crippen molar-refractivity contribution in [1.82, 2.24) is 3.38 Å². The van der Waals surface area contributed by atoms with Crippen molar-refractivity contribution in [3.63, 3.8) is 0 Å². The number of hydrogen-bond acceptors (Lipinski definition) is 1. The summed E-state index contributed by atoms with van der Waals surface area (Å²) in [6.07, 6.45) is 46.8. The van der Waals surface area contributed by atoms with Gasteiger partial charge in [-0.1, -0.05) is 90.9 Å². The first-order chi connectivity index (χ1) is 18.8. The molecule has 0 fully saturated rings. The summed E-state index contributed by atoms with van der Waals surface area (Å²) in [6, 6.07) is 0. The van der Waals surface area contributed by atoms with Gasteiger partial charge in [-0.15, -0.1) is 12.4 Å². The molecule has 235 valence electrons. The van der Waals surface area contributed by atoms with Crippen LogP contribution in [0.4, 0.5) is 0 Å². The van der Waals surface area contributed by atoms with Crippen LogP contribution in [0.15, 0.2) is 0 Å². The van der Waals surface area contributed by atoms with Crippen LogP contribution in [0, 0.1) is 0 Å². The van der Waals surface area contributed by atoms with Gasteiger partial charge >= 0.3 is 166 Å². The second-order valence-electron chi connectivity index (χ2n) is 12.6. The van der Waals surface area contributed by atoms with Crippen LogP contribution < -0.4 is 0 Å². The fourth-order valence-corrected chi connectivity index (χ4v) is 6.31. The Balaban J connectivity index is 0. The van der Waals surface area contributed by atoms with E-state index in [4.69, 9.17) is 0 Å². The molecule has 0 N–H and O–H groups in total. The van der Waals surface area contributed by atoms with Gasteiger partial charge in [-0.25, -0.2) is 0 Å². The molecule has 0 saturated heterocycles. The Kier molecular flexibility index (Phi) is 42.1. The van der Waals surface area contributed by atoms with Crippen LogP contribution >= 0.6 is 12.4 Å². The zero-order valence-corrected chi connectivity index (χ0v) is 29.8. The SMILES string of the molecule is CCCCCCCCCCCCCCCCCC[N]([Ti])CCCCCCCCCCCCCCCCCC.Cl. The monoisotopic (exact) mass is 605 g/mol. The van der Waals surface area contributed by atoms with Gasteiger partial charge in [-0.05, 0) is 0 Å². The van der Waals surface area contributed by atoms with Crippen molar-refractivity contribution in [1.29, 1.82) is 0 Å². The average Bonchev–Trinajstić information content (AvgIpc) is 2.92. The summed E-state index contributed by atoms with van der Waals surface area (Å²) in [6.45, 7) is 7.25. The maximum atomic E-state index is 2.59. The maximum absolute atomic E-state index is 2.59. The van der Waals surface area contributed by atoms with Crippen molar-refractivity contribution in [2.75, 3.05) is 13.1 Å². The van der Waals surface area contributed by atoms with Crippen LogP contribution in [0.1, 0.15) is 219 Å². The molecule has 3 heteroatoms. The minimum atomic E-state index is 0. The van der Waals surface area contributed by atoms with E-state index in [2.05, 4.69) is 37.9 Å². The van der Waals surface area contributed by atoms with Crippen LogP contribution in [0.2, 0.25) is 0 Å². The summed E-state index contributed by atoms with van der Waals surface area (Å²) in [4.78, 5) is 0. The Labute approximate surface area is 267 Å². The fraction of sp³-hybridized carbons (Fsp3) is 1.00. The van der Waals surface area contributed by atoms with E-state index in [1.54, 1.807) is 0 Å². The number of halogens is 1. The van der Waals surface area contributed by atoms with Crippen molar-refractivity contribution >= 4 is 12.4 Å². The molecule has 0 aromatic carbocycles. The van der Waals surface area contributed by atoms with E-state index in [0.717, 1.165) is 0 Å². The molecular formula is C36H75ClNTi. The molecule has 0 radical (unpaired) electrons. The van der Waals surface area contributed by atoms with E-state index in [0.29, 0.717) is 0 Å². The second kappa shape index (κ2) is 39.0. The average molecular weight is 605 g/mol. The van der Waals surface area contributed by atoms with Gasteiger partial charge in [0.1, 0.15) is 0 Å². The van der Waals surface area contributed by atoms with Gasteiger partial charge < -0.3 is 0 Å². The standard InChI is InChI=1S/C36H74N.ClH.Ti/c1-3-5-7-9-11-13-15-17-19-21-23-25-27-29-31-33-35-37-36-34-32-30-28-26-24-22-20-18-16-14-12-10-8-6-4-2;;/h3-36H2,1-2H3;1H;/q-1;;+1. The van der Waals surface area contributed by atoms with E-state index in [1.807, 2.05) is 0 Å². The fourth-order valence-electron chi connectivity index (χ4n) is 5.81. The van der Waals surface area contributed by atoms with Gasteiger partial charge in [-0.3, -0.25) is 0 Å². The molecule has 0 amide bonds. The first-order valence-corrected chi connectivity index (χ1v) is 19.0. The van der Waals surface area contributed by atoms with Gasteiger partial charge in [0.25, 0.3) is 0 Å². The van der Waals surface area contributed by atoms with Crippen molar-refractivity contribution in [3.8, 4) is 0 Å². The minimum absolute atomic E-state index is 0. The van der Waals surface area contributed by atoms with Crippen LogP contribution in [-0.4, -0.2) is 16.5 Å². The summed E-state index contributed by atoms with van der Waals surface area (Å²) in [5.41, 5.74) is 0. The minimum Gasteiger partial charge on any atom is -0.147 e. The molecule has 0 unspecified atom stereocenters. The predicted octanol–water partition coefficient (Wildman–Crippen LogP) is 13.7. The van der Waals surface area contributed by atoms with E-state index >= 15 is 0 Å². The van der Waals surface area contributed by atoms with Crippen LogP contribution in [0.3, 0.4) is 0 Å². The third kappa shape index (κ3) is 39.0. The number of hydrogen-bond donors (Lipinski definition) is 0. The third-order valence-corrected chi connectivity index (χ3v) is 9.26. The molecule has 0 saturated carbocycles. The molecule has 0 aromatic heterocycles. The van der Waals surface area contributed by atoms with E-state index in [1.165, 1.54) is 219 Å². The molecule has 0 aliphatic rings. The van der Waals surface area contributed by atoms with Gasteiger partial charge in [-0.2, -0.15) is 0 Å². The van der Waals surface area contributed by atoms with Crippen LogP contribution in [0.25, 0.3) is 0 Å². The zero-order chi connectivity index (χ0) is 27.6. The molecule has 0 spiro atoms. The summed E-state index contributed by atoms with van der Waals surface area (Å²) in [5, 5.41) is 0. The first-order valence-electron chi connectivity index (χ1n) is 18.3. The topological polar surface area (TPSA) is 3.24 Å². The summed E-state index contributed by atoms with van der Waals surface area (Å²) in [5.74, 6) is 0. The van der Waals surface area contributed by atoms with Gasteiger partial charge in [0.2, 0.25) is 0 Å². The van der Waals surface area contributed by atoms with E-state index in [9.17, 15) is 0 Å².